The van der Waals surface area contributed by atoms with Gasteiger partial charge in [-0.1, -0.05) is 99.3 Å². The van der Waals surface area contributed by atoms with E-state index in [1.54, 1.807) is 22.5 Å². The molecule has 3 radical (unpaired) electrons. The Bertz CT molecular complexity index is 907. The van der Waals surface area contributed by atoms with Crippen molar-refractivity contribution >= 4 is 58.3 Å². The third-order valence-electron chi connectivity index (χ3n) is 6.63. The second kappa shape index (κ2) is 43.2. The molecule has 0 atom stereocenters. The van der Waals surface area contributed by atoms with E-state index < -0.39 is 35.8 Å². The zero-order chi connectivity index (χ0) is 41.3. The van der Waals surface area contributed by atoms with Gasteiger partial charge in [-0.3, -0.25) is 0 Å². The number of hydrogen-bond donors (Lipinski definition) is 3. The molecule has 0 heterocycles. The topological polar surface area (TPSA) is 191 Å². The maximum absolute atomic E-state index is 10.9. The summed E-state index contributed by atoms with van der Waals surface area (Å²) in [5.74, 6) is -3.08. The molecule has 0 saturated carbocycles. The Kier molecular flexibility index (Phi) is 46.2. The Balaban J connectivity index is -0.000000318. The molecule has 12 nitrogen and oxygen atoms in total. The maximum atomic E-state index is 10.9. The van der Waals surface area contributed by atoms with Gasteiger partial charge < -0.3 is 29.5 Å². The van der Waals surface area contributed by atoms with Crippen LogP contribution in [0.4, 0.5) is 0 Å². The number of carbonyl (C=O) groups excluding carboxylic acids is 3. The summed E-state index contributed by atoms with van der Waals surface area (Å²) in [5, 5.41) is 24.8. The molecule has 305 valence electrons. The summed E-state index contributed by atoms with van der Waals surface area (Å²) < 4.78 is 15.9. The van der Waals surface area contributed by atoms with E-state index in [9.17, 15) is 28.8 Å². The van der Waals surface area contributed by atoms with E-state index in [2.05, 4.69) is 48.5 Å². The normalized spacial score (nSPS) is 10.7. The summed E-state index contributed by atoms with van der Waals surface area (Å²) in [5.41, 5.74) is 0. The first kappa shape index (κ1) is 56.6. The van der Waals surface area contributed by atoms with Crippen LogP contribution in [-0.4, -0.2) is 93.5 Å². The van der Waals surface area contributed by atoms with Gasteiger partial charge in [0.15, 0.2) is 0 Å². The van der Waals surface area contributed by atoms with Crippen molar-refractivity contribution in [3.8, 4) is 0 Å². The Morgan fingerprint density at radius 3 is 0.887 bits per heavy atom. The Labute approximate surface area is 332 Å². The first-order chi connectivity index (χ1) is 25.0. The van der Waals surface area contributed by atoms with E-state index in [1.165, 1.54) is 36.5 Å². The summed E-state index contributed by atoms with van der Waals surface area (Å²) in [4.78, 5) is 63.0. The summed E-state index contributed by atoms with van der Waals surface area (Å²) in [6, 6.07) is 0. The number of carboxylic acid groups (broad SMARTS) is 3. The molecule has 0 unspecified atom stereocenters. The van der Waals surface area contributed by atoms with E-state index in [1.807, 2.05) is 0 Å². The predicted octanol–water partition coefficient (Wildman–Crippen LogP) is 8.53. The molecule has 53 heavy (non-hydrogen) atoms. The number of carbonyl (C=O) groups is 6. The number of unbranched alkanes of at least 4 members (excludes halogenated alkanes) is 7. The quantitative estimate of drug-likeness (QED) is 0.0247. The molecular weight excluding hydrogens is 791 g/mol. The number of esters is 3. The van der Waals surface area contributed by atoms with Crippen LogP contribution in [0.2, 0.25) is 4.44 Å². The predicted molar refractivity (Wildman–Crippen MR) is 209 cm³/mol. The van der Waals surface area contributed by atoms with E-state index in [-0.39, 0.29) is 0 Å². The number of ether oxygens (including phenoxy) is 3. The average Bonchev–Trinajstić information content (AvgIpc) is 3.07. The zero-order valence-electron chi connectivity index (χ0n) is 33.4. The fourth-order valence-electron chi connectivity index (χ4n) is 3.75. The van der Waals surface area contributed by atoms with Gasteiger partial charge in [0, 0.05) is 36.5 Å². The van der Waals surface area contributed by atoms with Crippen molar-refractivity contribution < 1.29 is 58.3 Å². The van der Waals surface area contributed by atoms with E-state index >= 15 is 0 Å². The Morgan fingerprint density at radius 2 is 0.717 bits per heavy atom. The van der Waals surface area contributed by atoms with Gasteiger partial charge in [0.1, 0.15) is 0 Å². The molecule has 0 rings (SSSR count). The average molecular weight is 861 g/mol. The van der Waals surface area contributed by atoms with Crippen LogP contribution in [0.1, 0.15) is 138 Å². The van der Waals surface area contributed by atoms with Crippen molar-refractivity contribution in [3.63, 3.8) is 0 Å². The summed E-state index contributed by atoms with van der Waals surface area (Å²) >= 11 is 1.68. The van der Waals surface area contributed by atoms with Crippen LogP contribution in [0.5, 0.6) is 0 Å². The van der Waals surface area contributed by atoms with Gasteiger partial charge in [-0.2, -0.15) is 0 Å². The van der Waals surface area contributed by atoms with E-state index in [0.717, 1.165) is 94.2 Å². The van der Waals surface area contributed by atoms with Gasteiger partial charge in [0.25, 0.3) is 0 Å². The van der Waals surface area contributed by atoms with Crippen LogP contribution >= 0.6 is 0 Å². The summed E-state index contributed by atoms with van der Waals surface area (Å²) in [7, 11) is 0. The fraction of sp³-hybridized carbons (Fsp3) is 0.700. The van der Waals surface area contributed by atoms with Gasteiger partial charge in [0.2, 0.25) is 0 Å². The first-order valence-corrected chi connectivity index (χ1v) is 20.9. The molecule has 0 aliphatic rings. The number of aliphatic carboxylic acids is 3. The molecule has 0 aromatic heterocycles. The van der Waals surface area contributed by atoms with Crippen LogP contribution in [-0.2, 0) is 43.0 Å². The second-order valence-electron chi connectivity index (χ2n) is 13.4. The molecular formula is C40H69O12Sn. The van der Waals surface area contributed by atoms with Crippen LogP contribution < -0.4 is 0 Å². The van der Waals surface area contributed by atoms with Crippen molar-refractivity contribution in [2.45, 2.75) is 143 Å². The van der Waals surface area contributed by atoms with Crippen LogP contribution in [0.15, 0.2) is 36.5 Å². The van der Waals surface area contributed by atoms with Gasteiger partial charge in [0.05, 0.1) is 19.8 Å². The van der Waals surface area contributed by atoms with Crippen molar-refractivity contribution in [1.82, 2.24) is 0 Å². The third kappa shape index (κ3) is 64.2. The third-order valence-corrected chi connectivity index (χ3v) is 7.64. The summed E-state index contributed by atoms with van der Waals surface area (Å²) in [6.45, 7) is 16.4. The Morgan fingerprint density at radius 1 is 0.453 bits per heavy atom. The fourth-order valence-corrected chi connectivity index (χ4v) is 4.76. The number of hydrogen-bond acceptors (Lipinski definition) is 9. The summed E-state index contributed by atoms with van der Waals surface area (Å²) in [6.07, 6.45) is 20.5. The van der Waals surface area contributed by atoms with Gasteiger partial charge >= 0.3 is 82.5 Å². The molecule has 0 aliphatic carbocycles. The monoisotopic (exact) mass is 861 g/mol. The molecule has 0 saturated heterocycles. The molecule has 0 bridgehead atoms. The van der Waals surface area contributed by atoms with Crippen molar-refractivity contribution in [1.29, 1.82) is 0 Å². The second-order valence-corrected chi connectivity index (χ2v) is 14.8. The van der Waals surface area contributed by atoms with Gasteiger partial charge in [-0.05, 0) is 37.0 Å². The SMILES string of the molecule is CC(C)CCCCCOC(=O)C=CC(=O)O.CC(C)CCCCCOC(=O)C=CC(=O)O.CC(C)CCCCCOC(=O)C=CC(=O)O.CCC[CH2][Sn]. The van der Waals surface area contributed by atoms with Crippen LogP contribution in [0, 0.1) is 17.8 Å². The Hall–Kier alpha value is -3.16. The molecule has 0 aromatic carbocycles. The minimum absolute atomic E-state index is 0.362. The zero-order valence-corrected chi connectivity index (χ0v) is 36.3. The van der Waals surface area contributed by atoms with Gasteiger partial charge in [-0.15, -0.1) is 0 Å². The molecule has 0 fully saturated rings. The van der Waals surface area contributed by atoms with Gasteiger partial charge in [-0.25, -0.2) is 28.8 Å². The molecule has 0 amide bonds. The van der Waals surface area contributed by atoms with Crippen molar-refractivity contribution in [3.05, 3.63) is 36.5 Å². The minimum atomic E-state index is -1.14. The van der Waals surface area contributed by atoms with E-state index in [4.69, 9.17) is 29.5 Å². The van der Waals surface area contributed by atoms with Crippen molar-refractivity contribution in [2.75, 3.05) is 19.8 Å². The molecule has 0 aromatic rings. The first-order valence-electron chi connectivity index (χ1n) is 18.9. The van der Waals surface area contributed by atoms with Crippen LogP contribution in [0.3, 0.4) is 0 Å². The molecule has 3 N–H and O–H groups in total. The van der Waals surface area contributed by atoms with Crippen molar-refractivity contribution in [2.24, 2.45) is 17.8 Å². The molecule has 13 heteroatoms. The number of rotatable bonds is 26. The molecule has 0 aliphatic heterocycles. The molecule has 0 spiro atoms. The number of carboxylic acids is 3. The van der Waals surface area contributed by atoms with Crippen LogP contribution in [0.25, 0.3) is 0 Å². The van der Waals surface area contributed by atoms with E-state index in [0.29, 0.717) is 37.6 Å². The standard InChI is InChI=1S/3C12H20O4.C4H9.Sn/c3*1-10(2)6-4-3-5-9-16-12(15)8-7-11(13)14;1-3-4-2;/h3*7-8,10H,3-6,9H2,1-2H3,(H,13,14);1,3-4H2,2H3;.